The van der Waals surface area contributed by atoms with Gasteiger partial charge in [-0.3, -0.25) is 0 Å². The molecule has 2 atom stereocenters. The first-order valence-corrected chi connectivity index (χ1v) is 18.8. The van der Waals surface area contributed by atoms with Crippen LogP contribution in [0.5, 0.6) is 11.5 Å². The molecule has 0 unspecified atom stereocenters. The molecule has 6 aromatic rings. The van der Waals surface area contributed by atoms with Crippen molar-refractivity contribution in [2.75, 3.05) is 0 Å². The van der Waals surface area contributed by atoms with Crippen molar-refractivity contribution in [3.63, 3.8) is 0 Å². The van der Waals surface area contributed by atoms with Gasteiger partial charge in [0, 0.05) is 11.1 Å². The van der Waals surface area contributed by atoms with Gasteiger partial charge >= 0.3 is 0 Å². The zero-order valence-corrected chi connectivity index (χ0v) is 28.1. The molecule has 4 heteroatoms. The minimum absolute atomic E-state index is 0.0539. The van der Waals surface area contributed by atoms with E-state index in [4.69, 9.17) is 9.47 Å². The van der Waals surface area contributed by atoms with E-state index >= 15 is 0 Å². The van der Waals surface area contributed by atoms with Crippen LogP contribution in [0.25, 0.3) is 11.1 Å². The highest BCUT2D eigenvalue weighted by Crippen LogP contribution is 2.47. The average Bonchev–Trinajstić information content (AvgIpc) is 3.10. The number of benzene rings is 6. The predicted octanol–water partition coefficient (Wildman–Crippen LogP) is 8.20. The summed E-state index contributed by atoms with van der Waals surface area (Å²) >= 11 is 0. The van der Waals surface area contributed by atoms with Crippen LogP contribution in [0.1, 0.15) is 26.7 Å². The van der Waals surface area contributed by atoms with Crippen LogP contribution in [0.2, 0.25) is 0 Å². The van der Waals surface area contributed by atoms with Crippen molar-refractivity contribution in [1.29, 1.82) is 0 Å². The van der Waals surface area contributed by atoms with E-state index in [1.807, 2.05) is 0 Å². The minimum atomic E-state index is -0.915. The van der Waals surface area contributed by atoms with Gasteiger partial charge in [0.1, 0.15) is 11.5 Å². The second-order valence-electron chi connectivity index (χ2n) is 11.7. The zero-order chi connectivity index (χ0) is 31.3. The van der Waals surface area contributed by atoms with Gasteiger partial charge in [-0.15, -0.1) is 0 Å². The molecule has 46 heavy (non-hydrogen) atoms. The van der Waals surface area contributed by atoms with Gasteiger partial charge in [-0.05, 0) is 86.5 Å². The van der Waals surface area contributed by atoms with E-state index in [0.29, 0.717) is 0 Å². The Morgan fingerprint density at radius 3 is 1.00 bits per heavy atom. The lowest BCUT2D eigenvalue weighted by Gasteiger charge is -2.31. The third-order valence-electron chi connectivity index (χ3n) is 8.43. The summed E-state index contributed by atoms with van der Waals surface area (Å²) < 4.78 is 13.9. The number of rotatable bonds is 6. The van der Waals surface area contributed by atoms with E-state index in [0.717, 1.165) is 35.5 Å². The van der Waals surface area contributed by atoms with E-state index in [2.05, 4.69) is 172 Å². The Kier molecular flexibility index (Phi) is 9.29. The molecule has 1 aliphatic heterocycles. The Morgan fingerprint density at radius 1 is 0.391 bits per heavy atom. The van der Waals surface area contributed by atoms with Crippen molar-refractivity contribution >= 4 is 47.7 Å². The fourth-order valence-corrected chi connectivity index (χ4v) is 11.2. The molecule has 0 aromatic heterocycles. The second kappa shape index (κ2) is 14.0. The Morgan fingerprint density at radius 2 is 0.696 bits per heavy atom. The van der Waals surface area contributed by atoms with Crippen LogP contribution in [0, 0.1) is 0 Å². The van der Waals surface area contributed by atoms with Crippen LogP contribution in [0.15, 0.2) is 158 Å². The van der Waals surface area contributed by atoms with E-state index in [1.165, 1.54) is 31.8 Å². The summed E-state index contributed by atoms with van der Waals surface area (Å²) in [6.45, 7) is 4.38. The fourth-order valence-electron chi connectivity index (χ4n) is 6.29. The first-order valence-electron chi connectivity index (χ1n) is 16.1. The Bertz CT molecular complexity index is 1660. The molecule has 1 aliphatic rings. The third kappa shape index (κ3) is 6.39. The van der Waals surface area contributed by atoms with Crippen molar-refractivity contribution in [2.45, 2.75) is 38.9 Å². The molecule has 1 heterocycles. The van der Waals surface area contributed by atoms with E-state index < -0.39 is 15.8 Å². The lowest BCUT2D eigenvalue weighted by atomic mass is 10.0. The molecule has 0 radical (unpaired) electrons. The molecule has 0 fully saturated rings. The van der Waals surface area contributed by atoms with E-state index in [9.17, 15) is 0 Å². The molecular formula is C42H38O2P2. The molecular weight excluding hydrogens is 598 g/mol. The molecule has 7 rings (SSSR count). The molecule has 0 saturated heterocycles. The molecule has 0 N–H and O–H groups in total. The normalized spacial score (nSPS) is 16.2. The maximum absolute atomic E-state index is 6.95. The average molecular weight is 637 g/mol. The van der Waals surface area contributed by atoms with E-state index in [1.54, 1.807) is 0 Å². The molecule has 0 aliphatic carbocycles. The quantitative estimate of drug-likeness (QED) is 0.172. The zero-order valence-electron chi connectivity index (χ0n) is 26.3. The van der Waals surface area contributed by atoms with Gasteiger partial charge in [0.2, 0.25) is 0 Å². The monoisotopic (exact) mass is 636 g/mol. The number of fused-ring (bicyclic) bond motifs is 3. The largest absolute Gasteiger partial charge is 0.490 e. The molecule has 0 saturated carbocycles. The number of hydrogen-bond donors (Lipinski definition) is 0. The molecule has 6 aromatic carbocycles. The Labute approximate surface area is 275 Å². The maximum atomic E-state index is 6.95. The SMILES string of the molecule is C[C@H]1CC[C@H](C)Oc2cccc(P(c3ccccc3)c3ccccc3)c2-c2c(cccc2P(c2ccccc2)c2ccccc2)O1. The highest BCUT2D eigenvalue weighted by molar-refractivity contribution is 7.80. The smallest absolute Gasteiger partial charge is 0.128 e. The van der Waals surface area contributed by atoms with Crippen molar-refractivity contribution in [2.24, 2.45) is 0 Å². The second-order valence-corrected chi connectivity index (χ2v) is 16.1. The molecule has 0 amide bonds. The topological polar surface area (TPSA) is 18.5 Å². The molecule has 0 bridgehead atoms. The van der Waals surface area contributed by atoms with Crippen LogP contribution >= 0.6 is 15.8 Å². The van der Waals surface area contributed by atoms with Crippen molar-refractivity contribution in [3.05, 3.63) is 158 Å². The van der Waals surface area contributed by atoms with Crippen LogP contribution in [0.4, 0.5) is 0 Å². The first-order chi connectivity index (χ1) is 22.7. The van der Waals surface area contributed by atoms with Crippen molar-refractivity contribution in [1.82, 2.24) is 0 Å². The van der Waals surface area contributed by atoms with Crippen molar-refractivity contribution < 1.29 is 9.47 Å². The van der Waals surface area contributed by atoms with Crippen molar-refractivity contribution in [3.8, 4) is 22.6 Å². The van der Waals surface area contributed by atoms with Gasteiger partial charge in [-0.25, -0.2) is 0 Å². The van der Waals surface area contributed by atoms with Gasteiger partial charge in [0.25, 0.3) is 0 Å². The Hall–Kier alpha value is -4.22. The summed E-state index contributed by atoms with van der Waals surface area (Å²) in [6, 6.07) is 57.2. The molecule has 228 valence electrons. The van der Waals surface area contributed by atoms with Crippen LogP contribution in [-0.2, 0) is 0 Å². The van der Waals surface area contributed by atoms with E-state index in [-0.39, 0.29) is 12.2 Å². The molecule has 0 spiro atoms. The summed E-state index contributed by atoms with van der Waals surface area (Å²) in [5, 5.41) is 7.79. The summed E-state index contributed by atoms with van der Waals surface area (Å²) in [5.41, 5.74) is 2.29. The molecule has 2 nitrogen and oxygen atoms in total. The van der Waals surface area contributed by atoms with Gasteiger partial charge in [-0.2, -0.15) is 0 Å². The highest BCUT2D eigenvalue weighted by atomic mass is 31.1. The predicted molar refractivity (Wildman–Crippen MR) is 199 cm³/mol. The summed E-state index contributed by atoms with van der Waals surface area (Å²) in [4.78, 5) is 0. The van der Waals surface area contributed by atoms with Gasteiger partial charge in [-0.1, -0.05) is 146 Å². The van der Waals surface area contributed by atoms with Gasteiger partial charge in [0.15, 0.2) is 0 Å². The number of ether oxygens (including phenoxy) is 2. The van der Waals surface area contributed by atoms with Gasteiger partial charge < -0.3 is 9.47 Å². The Balaban J connectivity index is 1.58. The lowest BCUT2D eigenvalue weighted by molar-refractivity contribution is 0.159. The van der Waals surface area contributed by atoms with Crippen LogP contribution in [-0.4, -0.2) is 12.2 Å². The third-order valence-corrected chi connectivity index (χ3v) is 13.4. The lowest BCUT2D eigenvalue weighted by Crippen LogP contribution is -2.28. The summed E-state index contributed by atoms with van der Waals surface area (Å²) in [6.07, 6.45) is 1.95. The van der Waals surface area contributed by atoms with Crippen LogP contribution in [0.3, 0.4) is 0 Å². The minimum Gasteiger partial charge on any atom is -0.490 e. The summed E-state index contributed by atoms with van der Waals surface area (Å²) in [7, 11) is -1.83. The standard InChI is InChI=1S/C42H38O2P2/c1-31-29-30-32(2)44-38-26-16-28-40(46(35-21-11-5-12-22-35)36-23-13-6-14-24-36)42(38)41-37(43-31)25-15-27-39(41)45(33-17-7-3-8-18-33)34-19-9-4-10-20-34/h3-28,31-32H,29-30H2,1-2H3/t31-,32-/m0/s1. The fraction of sp³-hybridized carbons (Fsp3) is 0.143. The van der Waals surface area contributed by atoms with Gasteiger partial charge in [0.05, 0.1) is 12.2 Å². The van der Waals surface area contributed by atoms with Crippen LogP contribution < -0.4 is 41.3 Å². The first kappa shape index (κ1) is 30.4. The summed E-state index contributed by atoms with van der Waals surface area (Å²) in [5.74, 6) is 1.85. The number of hydrogen-bond acceptors (Lipinski definition) is 2. The maximum Gasteiger partial charge on any atom is 0.128 e. The highest BCUT2D eigenvalue weighted by Gasteiger charge is 2.31.